The second-order valence-electron chi connectivity index (χ2n) is 5.75. The maximum Gasteiger partial charge on any atom is 0.270 e. The molecule has 8 nitrogen and oxygen atoms in total. The third-order valence-corrected chi connectivity index (χ3v) is 6.83. The van der Waals surface area contributed by atoms with Gasteiger partial charge in [-0.2, -0.15) is 4.31 Å². The minimum Gasteiger partial charge on any atom is -0.379 e. The zero-order chi connectivity index (χ0) is 18.0. The van der Waals surface area contributed by atoms with Crippen LogP contribution in [0.15, 0.2) is 29.3 Å². The van der Waals surface area contributed by atoms with E-state index in [0.717, 1.165) is 28.8 Å². The van der Waals surface area contributed by atoms with Crippen LogP contribution in [0, 0.1) is 17.0 Å². The van der Waals surface area contributed by atoms with Crippen LogP contribution in [0.4, 0.5) is 11.4 Å². The number of nitrogens with zero attached hydrogens (tertiary/aromatic N) is 3. The van der Waals surface area contributed by atoms with Crippen LogP contribution in [0.5, 0.6) is 0 Å². The third-order valence-electron chi connectivity index (χ3n) is 3.98. The summed E-state index contributed by atoms with van der Waals surface area (Å²) in [5, 5.41) is 15.1. The Morgan fingerprint density at radius 1 is 1.36 bits per heavy atom. The number of nitro groups is 1. The van der Waals surface area contributed by atoms with Crippen molar-refractivity contribution in [1.82, 2.24) is 9.29 Å². The van der Waals surface area contributed by atoms with E-state index in [1.165, 1.54) is 27.8 Å². The molecule has 1 fully saturated rings. The van der Waals surface area contributed by atoms with Crippen LogP contribution < -0.4 is 5.32 Å². The first-order chi connectivity index (χ1) is 11.9. The summed E-state index contributed by atoms with van der Waals surface area (Å²) < 4.78 is 27.2. The molecule has 0 amide bonds. The molecule has 1 saturated heterocycles. The summed E-state index contributed by atoms with van der Waals surface area (Å²) in [6.07, 6.45) is 3.33. The quantitative estimate of drug-likeness (QED) is 0.608. The Labute approximate surface area is 149 Å². The first-order valence-electron chi connectivity index (χ1n) is 7.82. The topological polar surface area (TPSA) is 105 Å². The number of aromatic nitrogens is 1. The normalized spacial score (nSPS) is 15.4. The third kappa shape index (κ3) is 3.80. The minimum absolute atomic E-state index is 0.0511. The number of thiazole rings is 1. The van der Waals surface area contributed by atoms with Gasteiger partial charge in [-0.05, 0) is 25.8 Å². The lowest BCUT2D eigenvalue weighted by molar-refractivity contribution is -0.385. The average Bonchev–Trinajstić information content (AvgIpc) is 3.24. The van der Waals surface area contributed by atoms with Crippen molar-refractivity contribution in [3.63, 3.8) is 0 Å². The molecule has 134 valence electrons. The second-order valence-corrected chi connectivity index (χ2v) is 8.97. The number of nitro benzene ring substituents is 1. The average molecular weight is 382 g/mol. The van der Waals surface area contributed by atoms with Gasteiger partial charge < -0.3 is 5.32 Å². The Morgan fingerprint density at radius 2 is 2.08 bits per heavy atom. The molecule has 1 N–H and O–H groups in total. The van der Waals surface area contributed by atoms with E-state index in [2.05, 4.69) is 10.3 Å². The molecule has 0 saturated carbocycles. The molecule has 0 atom stereocenters. The van der Waals surface area contributed by atoms with Crippen LogP contribution in [-0.2, 0) is 16.6 Å². The van der Waals surface area contributed by atoms with Gasteiger partial charge in [0.15, 0.2) is 0 Å². The molecule has 10 heteroatoms. The number of rotatable bonds is 6. The van der Waals surface area contributed by atoms with Gasteiger partial charge in [-0.15, -0.1) is 11.3 Å². The number of benzene rings is 1. The van der Waals surface area contributed by atoms with E-state index >= 15 is 0 Å². The van der Waals surface area contributed by atoms with Gasteiger partial charge in [0.25, 0.3) is 5.69 Å². The Kier molecular flexibility index (Phi) is 5.02. The van der Waals surface area contributed by atoms with Crippen LogP contribution in [0.1, 0.15) is 22.7 Å². The maximum atomic E-state index is 12.9. The van der Waals surface area contributed by atoms with E-state index in [1.807, 2.05) is 6.92 Å². The van der Waals surface area contributed by atoms with Crippen molar-refractivity contribution in [2.75, 3.05) is 18.4 Å². The Balaban J connectivity index is 1.95. The van der Waals surface area contributed by atoms with Gasteiger partial charge in [0.1, 0.15) is 4.90 Å². The van der Waals surface area contributed by atoms with Gasteiger partial charge in [-0.1, -0.05) is 0 Å². The number of hydrogen-bond acceptors (Lipinski definition) is 7. The molecular formula is C15H18N4O4S2. The fraction of sp³-hybridized carbons (Fsp3) is 0.400. The highest BCUT2D eigenvalue weighted by atomic mass is 32.2. The van der Waals surface area contributed by atoms with E-state index in [4.69, 9.17) is 0 Å². The van der Waals surface area contributed by atoms with E-state index in [1.54, 1.807) is 6.20 Å². The molecule has 0 bridgehead atoms. The van der Waals surface area contributed by atoms with Gasteiger partial charge in [0.05, 0.1) is 22.2 Å². The van der Waals surface area contributed by atoms with Crippen molar-refractivity contribution >= 4 is 32.7 Å². The van der Waals surface area contributed by atoms with E-state index in [9.17, 15) is 18.5 Å². The van der Waals surface area contributed by atoms with Gasteiger partial charge >= 0.3 is 0 Å². The lowest BCUT2D eigenvalue weighted by Crippen LogP contribution is -2.28. The molecule has 0 radical (unpaired) electrons. The van der Waals surface area contributed by atoms with Crippen molar-refractivity contribution in [2.45, 2.75) is 31.2 Å². The molecule has 1 aliphatic heterocycles. The van der Waals surface area contributed by atoms with E-state index < -0.39 is 14.9 Å². The molecule has 0 aliphatic carbocycles. The van der Waals surface area contributed by atoms with E-state index in [-0.39, 0.29) is 10.6 Å². The first-order valence-corrected chi connectivity index (χ1v) is 10.1. The highest BCUT2D eigenvalue weighted by molar-refractivity contribution is 7.89. The van der Waals surface area contributed by atoms with Crippen LogP contribution in [-0.4, -0.2) is 35.7 Å². The molecule has 0 unspecified atom stereocenters. The molecule has 1 aromatic heterocycles. The van der Waals surface area contributed by atoms with E-state index in [0.29, 0.717) is 25.3 Å². The number of anilines is 1. The molecule has 1 aromatic carbocycles. The molecule has 25 heavy (non-hydrogen) atoms. The lowest BCUT2D eigenvalue weighted by Gasteiger charge is -2.18. The Hall–Kier alpha value is -2.04. The smallest absolute Gasteiger partial charge is 0.270 e. The molecule has 2 aromatic rings. The second kappa shape index (κ2) is 7.06. The molecular weight excluding hydrogens is 364 g/mol. The standard InChI is InChI=1S/C15H18N4O4S2/c1-11-16-9-13(24-11)10-17-14-5-4-12(19(20)21)8-15(14)25(22,23)18-6-2-3-7-18/h4-5,8-9,17H,2-3,6-7,10H2,1H3. The summed E-state index contributed by atoms with van der Waals surface area (Å²) in [6.45, 7) is 3.19. The Bertz CT molecular complexity index is 889. The van der Waals surface area contributed by atoms with Crippen molar-refractivity contribution in [3.05, 3.63) is 44.4 Å². The molecule has 1 aliphatic rings. The summed E-state index contributed by atoms with van der Waals surface area (Å²) >= 11 is 1.51. The number of aryl methyl sites for hydroxylation is 1. The maximum absolute atomic E-state index is 12.9. The number of nitrogens with one attached hydrogen (secondary N) is 1. The summed E-state index contributed by atoms with van der Waals surface area (Å²) in [6, 6.07) is 3.89. The van der Waals surface area contributed by atoms with Crippen LogP contribution in [0.25, 0.3) is 0 Å². The molecule has 0 spiro atoms. The van der Waals surface area contributed by atoms with Gasteiger partial charge in [0.2, 0.25) is 10.0 Å². The number of hydrogen-bond donors (Lipinski definition) is 1. The van der Waals surface area contributed by atoms with Crippen molar-refractivity contribution in [2.24, 2.45) is 0 Å². The highest BCUT2D eigenvalue weighted by Crippen LogP contribution is 2.31. The predicted molar refractivity (Wildman–Crippen MR) is 95.3 cm³/mol. The summed E-state index contributed by atoms with van der Waals surface area (Å²) in [5.41, 5.74) is 0.125. The number of sulfonamides is 1. The lowest BCUT2D eigenvalue weighted by atomic mass is 10.3. The van der Waals surface area contributed by atoms with Crippen molar-refractivity contribution < 1.29 is 13.3 Å². The first kappa shape index (κ1) is 17.8. The molecule has 2 heterocycles. The summed E-state index contributed by atoms with van der Waals surface area (Å²) in [4.78, 5) is 15.6. The van der Waals surface area contributed by atoms with Crippen molar-refractivity contribution in [1.29, 1.82) is 0 Å². The van der Waals surface area contributed by atoms with Crippen LogP contribution >= 0.6 is 11.3 Å². The molecule has 3 rings (SSSR count). The summed E-state index contributed by atoms with van der Waals surface area (Å²) in [5.74, 6) is 0. The van der Waals surface area contributed by atoms with Gasteiger partial charge in [-0.25, -0.2) is 13.4 Å². The minimum atomic E-state index is -3.77. The largest absolute Gasteiger partial charge is 0.379 e. The van der Waals surface area contributed by atoms with Crippen LogP contribution in [0.2, 0.25) is 0 Å². The monoisotopic (exact) mass is 382 g/mol. The SMILES string of the molecule is Cc1ncc(CNc2ccc([N+](=O)[O-])cc2S(=O)(=O)N2CCCC2)s1. The van der Waals surface area contributed by atoms with Crippen LogP contribution in [0.3, 0.4) is 0 Å². The van der Waals surface area contributed by atoms with Crippen molar-refractivity contribution in [3.8, 4) is 0 Å². The van der Waals surface area contributed by atoms with Gasteiger partial charge in [-0.3, -0.25) is 10.1 Å². The zero-order valence-electron chi connectivity index (χ0n) is 13.6. The summed E-state index contributed by atoms with van der Waals surface area (Å²) in [7, 11) is -3.77. The van der Waals surface area contributed by atoms with Gasteiger partial charge in [0, 0.05) is 36.3 Å². The fourth-order valence-corrected chi connectivity index (χ4v) is 5.16. The highest BCUT2D eigenvalue weighted by Gasteiger charge is 2.30. The Morgan fingerprint density at radius 3 is 2.68 bits per heavy atom. The zero-order valence-corrected chi connectivity index (χ0v) is 15.3. The predicted octanol–water partition coefficient (Wildman–Crippen LogP) is 2.76. The fourth-order valence-electron chi connectivity index (χ4n) is 2.72. The number of non-ortho nitro benzene ring substituents is 1.